The van der Waals surface area contributed by atoms with Crippen molar-refractivity contribution in [2.45, 2.75) is 39.7 Å². The predicted molar refractivity (Wildman–Crippen MR) is 85.9 cm³/mol. The minimum absolute atomic E-state index is 0.472. The number of aryl methyl sites for hydroxylation is 1. The van der Waals surface area contributed by atoms with E-state index >= 15 is 0 Å². The number of aromatic nitrogens is 2. The highest BCUT2D eigenvalue weighted by atomic mass is 32.2. The van der Waals surface area contributed by atoms with Crippen LogP contribution in [0.2, 0.25) is 0 Å². The first kappa shape index (κ1) is 14.3. The van der Waals surface area contributed by atoms with Crippen molar-refractivity contribution in [2.75, 3.05) is 17.2 Å². The normalized spacial score (nSPS) is 13.0. The van der Waals surface area contributed by atoms with Crippen molar-refractivity contribution in [3.63, 3.8) is 0 Å². The van der Waals surface area contributed by atoms with Crippen molar-refractivity contribution in [1.29, 1.82) is 0 Å². The molecule has 1 atom stereocenters. The van der Waals surface area contributed by atoms with E-state index in [-0.39, 0.29) is 0 Å². The van der Waals surface area contributed by atoms with Crippen molar-refractivity contribution >= 4 is 28.5 Å². The van der Waals surface area contributed by atoms with Gasteiger partial charge in [0.1, 0.15) is 5.82 Å². The highest BCUT2D eigenvalue weighted by Gasteiger charge is 2.15. The van der Waals surface area contributed by atoms with Crippen molar-refractivity contribution < 1.29 is 0 Å². The summed E-state index contributed by atoms with van der Waals surface area (Å²) in [6, 6.07) is 6.52. The van der Waals surface area contributed by atoms with E-state index in [0.717, 1.165) is 35.6 Å². The maximum atomic E-state index is 5.86. The fourth-order valence-corrected chi connectivity index (χ4v) is 3.15. The predicted octanol–water partition coefficient (Wildman–Crippen LogP) is 3.89. The first-order chi connectivity index (χ1) is 9.17. The number of imidazole rings is 1. The van der Waals surface area contributed by atoms with Crippen LogP contribution in [-0.2, 0) is 6.42 Å². The number of nitrogens with two attached hydrogens (primary N) is 1. The van der Waals surface area contributed by atoms with Crippen LogP contribution in [0.1, 0.15) is 39.1 Å². The second-order valence-corrected chi connectivity index (χ2v) is 6.22. The smallest absolute Gasteiger partial charge is 0.110 e. The Hall–Kier alpha value is -1.16. The number of hydrogen-bond acceptors (Lipinski definition) is 3. The van der Waals surface area contributed by atoms with Gasteiger partial charge in [-0.05, 0) is 37.3 Å². The molecule has 1 aromatic heterocycles. The van der Waals surface area contributed by atoms with E-state index in [0.29, 0.717) is 6.04 Å². The molecular formula is C15H23N3S. The van der Waals surface area contributed by atoms with Gasteiger partial charge in [0.25, 0.3) is 0 Å². The molecule has 2 N–H and O–H groups in total. The van der Waals surface area contributed by atoms with Gasteiger partial charge in [0.15, 0.2) is 0 Å². The molecular weight excluding hydrogens is 254 g/mol. The summed E-state index contributed by atoms with van der Waals surface area (Å²) in [4.78, 5) is 4.77. The molecule has 0 amide bonds. The highest BCUT2D eigenvalue weighted by Crippen LogP contribution is 2.25. The molecule has 19 heavy (non-hydrogen) atoms. The Bertz CT molecular complexity index is 548. The molecule has 1 unspecified atom stereocenters. The Labute approximate surface area is 119 Å². The average molecular weight is 277 g/mol. The van der Waals surface area contributed by atoms with E-state index in [4.69, 9.17) is 10.7 Å². The monoisotopic (exact) mass is 277 g/mol. The third kappa shape index (κ3) is 3.06. The van der Waals surface area contributed by atoms with Crippen molar-refractivity contribution in [3.8, 4) is 0 Å². The molecule has 2 aromatic rings. The zero-order valence-electron chi connectivity index (χ0n) is 12.0. The summed E-state index contributed by atoms with van der Waals surface area (Å²) in [5, 5.41) is 0. The summed E-state index contributed by atoms with van der Waals surface area (Å²) in [5.41, 5.74) is 8.88. The van der Waals surface area contributed by atoms with Crippen LogP contribution < -0.4 is 5.73 Å². The maximum absolute atomic E-state index is 5.86. The summed E-state index contributed by atoms with van der Waals surface area (Å²) in [5.74, 6) is 3.48. The van der Waals surface area contributed by atoms with Crippen LogP contribution in [0.4, 0.5) is 5.69 Å². The molecule has 0 fully saturated rings. The van der Waals surface area contributed by atoms with E-state index in [1.54, 1.807) is 0 Å². The lowest BCUT2D eigenvalue weighted by atomic mass is 10.2. The fourth-order valence-electron chi connectivity index (χ4n) is 2.42. The molecule has 2 rings (SSSR count). The van der Waals surface area contributed by atoms with Gasteiger partial charge in [-0.15, -0.1) is 0 Å². The molecule has 1 aromatic carbocycles. The Morgan fingerprint density at radius 1 is 1.37 bits per heavy atom. The molecule has 0 saturated heterocycles. The van der Waals surface area contributed by atoms with E-state index < -0.39 is 0 Å². The van der Waals surface area contributed by atoms with Crippen LogP contribution in [-0.4, -0.2) is 21.1 Å². The van der Waals surface area contributed by atoms with Crippen LogP contribution >= 0.6 is 11.8 Å². The zero-order chi connectivity index (χ0) is 13.8. The van der Waals surface area contributed by atoms with Gasteiger partial charge in [-0.2, -0.15) is 11.8 Å². The summed E-state index contributed by atoms with van der Waals surface area (Å²) in [6.07, 6.45) is 2.14. The van der Waals surface area contributed by atoms with E-state index in [1.165, 1.54) is 11.3 Å². The third-order valence-electron chi connectivity index (χ3n) is 3.26. The lowest BCUT2D eigenvalue weighted by Gasteiger charge is -2.17. The second kappa shape index (κ2) is 6.33. The Morgan fingerprint density at radius 3 is 2.84 bits per heavy atom. The molecule has 0 aliphatic rings. The SMILES string of the molecule is CCCc1nc2cc(N)ccc2n1C(C)CSCC. The zero-order valence-corrected chi connectivity index (χ0v) is 12.8. The second-order valence-electron chi connectivity index (χ2n) is 4.90. The molecule has 1 heterocycles. The van der Waals surface area contributed by atoms with Crippen LogP contribution in [0.3, 0.4) is 0 Å². The van der Waals surface area contributed by atoms with Gasteiger partial charge in [-0.25, -0.2) is 4.98 Å². The average Bonchev–Trinajstić information content (AvgIpc) is 2.73. The van der Waals surface area contributed by atoms with Crippen LogP contribution in [0, 0.1) is 0 Å². The number of benzene rings is 1. The third-order valence-corrected chi connectivity index (χ3v) is 4.39. The van der Waals surface area contributed by atoms with Gasteiger partial charge in [-0.3, -0.25) is 0 Å². The number of fused-ring (bicyclic) bond motifs is 1. The number of nitrogens with zero attached hydrogens (tertiary/aromatic N) is 2. The van der Waals surface area contributed by atoms with E-state index in [1.807, 2.05) is 23.9 Å². The van der Waals surface area contributed by atoms with E-state index in [9.17, 15) is 0 Å². The molecule has 0 bridgehead atoms. The highest BCUT2D eigenvalue weighted by molar-refractivity contribution is 7.99. The summed E-state index contributed by atoms with van der Waals surface area (Å²) >= 11 is 1.98. The molecule has 0 aliphatic heterocycles. The summed E-state index contributed by atoms with van der Waals surface area (Å²) in [7, 11) is 0. The first-order valence-corrected chi connectivity index (χ1v) is 8.16. The van der Waals surface area contributed by atoms with Gasteiger partial charge in [0.2, 0.25) is 0 Å². The topological polar surface area (TPSA) is 43.8 Å². The molecule has 0 radical (unpaired) electrons. The Balaban J connectivity index is 2.45. The van der Waals surface area contributed by atoms with Gasteiger partial charge < -0.3 is 10.3 Å². The molecule has 0 saturated carbocycles. The van der Waals surface area contributed by atoms with Gasteiger partial charge in [-0.1, -0.05) is 13.8 Å². The standard InChI is InChI=1S/C15H23N3S/c1-4-6-15-17-13-9-12(16)7-8-14(13)18(15)11(3)10-19-5-2/h7-9,11H,4-6,10,16H2,1-3H3. The Morgan fingerprint density at radius 2 is 2.16 bits per heavy atom. The number of rotatable bonds is 6. The van der Waals surface area contributed by atoms with E-state index in [2.05, 4.69) is 31.4 Å². The minimum atomic E-state index is 0.472. The van der Waals surface area contributed by atoms with Gasteiger partial charge in [0.05, 0.1) is 11.0 Å². The molecule has 104 valence electrons. The van der Waals surface area contributed by atoms with Gasteiger partial charge in [0, 0.05) is 23.9 Å². The van der Waals surface area contributed by atoms with Crippen LogP contribution in [0.15, 0.2) is 18.2 Å². The quantitative estimate of drug-likeness (QED) is 0.815. The first-order valence-electron chi connectivity index (χ1n) is 7.01. The Kier molecular flexibility index (Phi) is 4.75. The molecule has 3 nitrogen and oxygen atoms in total. The summed E-state index contributed by atoms with van der Waals surface area (Å²) < 4.78 is 2.39. The minimum Gasteiger partial charge on any atom is -0.399 e. The lowest BCUT2D eigenvalue weighted by Crippen LogP contribution is -2.11. The van der Waals surface area contributed by atoms with Crippen LogP contribution in [0.25, 0.3) is 11.0 Å². The number of hydrogen-bond donors (Lipinski definition) is 1. The van der Waals surface area contributed by atoms with Crippen molar-refractivity contribution in [3.05, 3.63) is 24.0 Å². The molecule has 0 aliphatic carbocycles. The lowest BCUT2D eigenvalue weighted by molar-refractivity contribution is 0.588. The molecule has 4 heteroatoms. The number of anilines is 1. The van der Waals surface area contributed by atoms with Crippen molar-refractivity contribution in [2.24, 2.45) is 0 Å². The van der Waals surface area contributed by atoms with Gasteiger partial charge >= 0.3 is 0 Å². The van der Waals surface area contributed by atoms with Crippen LogP contribution in [0.5, 0.6) is 0 Å². The van der Waals surface area contributed by atoms with Crippen molar-refractivity contribution in [1.82, 2.24) is 9.55 Å². The largest absolute Gasteiger partial charge is 0.399 e. The maximum Gasteiger partial charge on any atom is 0.110 e. The fraction of sp³-hybridized carbons (Fsp3) is 0.533. The number of nitrogen functional groups attached to an aromatic ring is 1. The summed E-state index contributed by atoms with van der Waals surface area (Å²) in [6.45, 7) is 6.68. The molecule has 0 spiro atoms. The number of thioether (sulfide) groups is 1.